The highest BCUT2D eigenvalue weighted by Gasteiger charge is 2.19. The zero-order valence-corrected chi connectivity index (χ0v) is 11.1. The molecule has 0 atom stereocenters. The molecule has 0 aromatic carbocycles. The third-order valence-electron chi connectivity index (χ3n) is 3.07. The van der Waals surface area contributed by atoms with Gasteiger partial charge in [0.1, 0.15) is 11.6 Å². The van der Waals surface area contributed by atoms with Crippen molar-refractivity contribution in [1.82, 2.24) is 14.9 Å². The first-order valence-electron chi connectivity index (χ1n) is 6.42. The van der Waals surface area contributed by atoms with Gasteiger partial charge in [-0.05, 0) is 5.92 Å². The topological polar surface area (TPSA) is 84.3 Å². The minimum absolute atomic E-state index is 0.245. The van der Waals surface area contributed by atoms with Crippen molar-refractivity contribution in [2.75, 3.05) is 49.1 Å². The van der Waals surface area contributed by atoms with Crippen LogP contribution in [0.3, 0.4) is 0 Å². The summed E-state index contributed by atoms with van der Waals surface area (Å²) in [7, 11) is 0. The van der Waals surface area contributed by atoms with Gasteiger partial charge in [0.2, 0.25) is 5.95 Å². The van der Waals surface area contributed by atoms with Crippen LogP contribution in [0.2, 0.25) is 0 Å². The lowest BCUT2D eigenvalue weighted by Crippen LogP contribution is -2.47. The van der Waals surface area contributed by atoms with E-state index in [0.717, 1.165) is 38.5 Å². The summed E-state index contributed by atoms with van der Waals surface area (Å²) in [4.78, 5) is 12.8. The van der Waals surface area contributed by atoms with Crippen molar-refractivity contribution in [2.24, 2.45) is 5.92 Å². The predicted molar refractivity (Wildman–Crippen MR) is 74.3 cm³/mol. The normalized spacial score (nSPS) is 17.4. The van der Waals surface area contributed by atoms with Crippen LogP contribution in [0.15, 0.2) is 6.07 Å². The Labute approximate surface area is 108 Å². The molecule has 4 N–H and O–H groups in total. The molecule has 1 aromatic rings. The average molecular weight is 250 g/mol. The quantitative estimate of drug-likeness (QED) is 0.809. The molecule has 0 aliphatic carbocycles. The van der Waals surface area contributed by atoms with Gasteiger partial charge in [-0.2, -0.15) is 9.97 Å². The summed E-state index contributed by atoms with van der Waals surface area (Å²) in [5.74, 6) is 2.22. The van der Waals surface area contributed by atoms with Crippen molar-refractivity contribution in [2.45, 2.75) is 13.8 Å². The molecule has 0 radical (unpaired) electrons. The van der Waals surface area contributed by atoms with Gasteiger partial charge in [-0.25, -0.2) is 0 Å². The summed E-state index contributed by atoms with van der Waals surface area (Å²) < 4.78 is 0. The highest BCUT2D eigenvalue weighted by molar-refractivity contribution is 5.50. The molecule has 0 unspecified atom stereocenters. The van der Waals surface area contributed by atoms with Crippen molar-refractivity contribution < 1.29 is 0 Å². The molecule has 1 aliphatic heterocycles. The summed E-state index contributed by atoms with van der Waals surface area (Å²) >= 11 is 0. The van der Waals surface area contributed by atoms with Crippen LogP contribution >= 0.6 is 0 Å². The van der Waals surface area contributed by atoms with Gasteiger partial charge in [0.25, 0.3) is 0 Å². The van der Waals surface area contributed by atoms with Crippen molar-refractivity contribution in [1.29, 1.82) is 0 Å². The summed E-state index contributed by atoms with van der Waals surface area (Å²) in [6, 6.07) is 1.79. The van der Waals surface area contributed by atoms with E-state index in [-0.39, 0.29) is 5.95 Å². The van der Waals surface area contributed by atoms with Crippen LogP contribution in [-0.4, -0.2) is 47.6 Å². The number of aromatic nitrogens is 2. The van der Waals surface area contributed by atoms with E-state index in [1.165, 1.54) is 0 Å². The van der Waals surface area contributed by atoms with E-state index in [2.05, 4.69) is 33.6 Å². The Morgan fingerprint density at radius 3 is 2.39 bits per heavy atom. The number of hydrogen-bond donors (Lipinski definition) is 2. The van der Waals surface area contributed by atoms with Crippen molar-refractivity contribution in [3.8, 4) is 0 Å². The van der Waals surface area contributed by atoms with E-state index in [1.54, 1.807) is 6.07 Å². The zero-order valence-electron chi connectivity index (χ0n) is 11.1. The zero-order chi connectivity index (χ0) is 13.1. The summed E-state index contributed by atoms with van der Waals surface area (Å²) in [6.07, 6.45) is 0. The van der Waals surface area contributed by atoms with Crippen LogP contribution < -0.4 is 16.4 Å². The minimum Gasteiger partial charge on any atom is -0.383 e. The molecule has 0 bridgehead atoms. The lowest BCUT2D eigenvalue weighted by atomic mass is 10.2. The Balaban J connectivity index is 1.96. The molecule has 6 heteroatoms. The second-order valence-electron chi connectivity index (χ2n) is 5.19. The fourth-order valence-corrected chi connectivity index (χ4v) is 2.31. The lowest BCUT2D eigenvalue weighted by molar-refractivity contribution is 0.231. The van der Waals surface area contributed by atoms with Gasteiger partial charge in [-0.3, -0.25) is 4.90 Å². The molecular weight excluding hydrogens is 228 g/mol. The molecule has 2 rings (SSSR count). The van der Waals surface area contributed by atoms with Crippen LogP contribution in [0.4, 0.5) is 17.6 Å². The molecule has 1 saturated heterocycles. The third kappa shape index (κ3) is 3.22. The number of nitrogens with zero attached hydrogens (tertiary/aromatic N) is 4. The first kappa shape index (κ1) is 12.9. The van der Waals surface area contributed by atoms with Crippen molar-refractivity contribution >= 4 is 17.6 Å². The Morgan fingerprint density at radius 2 is 1.83 bits per heavy atom. The molecule has 1 fully saturated rings. The number of nitrogen functional groups attached to an aromatic ring is 2. The molecule has 1 aromatic heterocycles. The smallest absolute Gasteiger partial charge is 0.223 e. The van der Waals surface area contributed by atoms with Gasteiger partial charge in [0.05, 0.1) is 0 Å². The number of anilines is 3. The van der Waals surface area contributed by atoms with Gasteiger partial charge < -0.3 is 16.4 Å². The van der Waals surface area contributed by atoms with Crippen LogP contribution in [0.25, 0.3) is 0 Å². The Bertz CT molecular complexity index is 377. The highest BCUT2D eigenvalue weighted by atomic mass is 15.3. The maximum Gasteiger partial charge on any atom is 0.223 e. The first-order chi connectivity index (χ1) is 8.54. The predicted octanol–water partition coefficient (Wildman–Crippen LogP) is 0.419. The molecule has 1 aliphatic rings. The fourth-order valence-electron chi connectivity index (χ4n) is 2.31. The van der Waals surface area contributed by atoms with Gasteiger partial charge in [0, 0.05) is 38.8 Å². The molecule has 0 spiro atoms. The molecule has 6 nitrogen and oxygen atoms in total. The molecular formula is C12H22N6. The number of nitrogens with two attached hydrogens (primary N) is 2. The van der Waals surface area contributed by atoms with Gasteiger partial charge in [-0.15, -0.1) is 0 Å². The number of rotatable bonds is 3. The van der Waals surface area contributed by atoms with Crippen LogP contribution in [-0.2, 0) is 0 Å². The van der Waals surface area contributed by atoms with E-state index >= 15 is 0 Å². The van der Waals surface area contributed by atoms with E-state index in [9.17, 15) is 0 Å². The van der Waals surface area contributed by atoms with Gasteiger partial charge in [0.15, 0.2) is 0 Å². The van der Waals surface area contributed by atoms with E-state index in [1.807, 2.05) is 0 Å². The first-order valence-corrected chi connectivity index (χ1v) is 6.42. The highest BCUT2D eigenvalue weighted by Crippen LogP contribution is 2.17. The molecule has 2 heterocycles. The summed E-state index contributed by atoms with van der Waals surface area (Å²) in [5.41, 5.74) is 11.3. The van der Waals surface area contributed by atoms with Crippen molar-refractivity contribution in [3.05, 3.63) is 6.07 Å². The maximum atomic E-state index is 5.69. The van der Waals surface area contributed by atoms with Crippen LogP contribution in [0.1, 0.15) is 13.8 Å². The van der Waals surface area contributed by atoms with Crippen LogP contribution in [0.5, 0.6) is 0 Å². The SMILES string of the molecule is CC(C)CN1CCN(c2cc(N)nc(N)n2)CC1. The Hall–Kier alpha value is -1.56. The molecule has 18 heavy (non-hydrogen) atoms. The lowest BCUT2D eigenvalue weighted by Gasteiger charge is -2.36. The number of hydrogen-bond acceptors (Lipinski definition) is 6. The van der Waals surface area contributed by atoms with E-state index < -0.39 is 0 Å². The summed E-state index contributed by atoms with van der Waals surface area (Å²) in [5, 5.41) is 0. The second kappa shape index (κ2) is 5.39. The van der Waals surface area contributed by atoms with E-state index in [4.69, 9.17) is 11.5 Å². The Morgan fingerprint density at radius 1 is 1.17 bits per heavy atom. The van der Waals surface area contributed by atoms with Gasteiger partial charge in [-0.1, -0.05) is 13.8 Å². The minimum atomic E-state index is 0.245. The average Bonchev–Trinajstić information content (AvgIpc) is 2.27. The monoisotopic (exact) mass is 250 g/mol. The molecule has 0 saturated carbocycles. The second-order valence-corrected chi connectivity index (χ2v) is 5.19. The summed E-state index contributed by atoms with van der Waals surface area (Å²) in [6.45, 7) is 9.69. The van der Waals surface area contributed by atoms with Gasteiger partial charge >= 0.3 is 0 Å². The number of piperazine rings is 1. The third-order valence-corrected chi connectivity index (χ3v) is 3.07. The Kier molecular flexibility index (Phi) is 3.86. The standard InChI is InChI=1S/C12H22N6/c1-9(2)8-17-3-5-18(6-4-17)11-7-10(13)15-12(14)16-11/h7,9H,3-6,8H2,1-2H3,(H4,13,14,15,16). The fraction of sp³-hybridized carbons (Fsp3) is 0.667. The maximum absolute atomic E-state index is 5.69. The molecule has 0 amide bonds. The van der Waals surface area contributed by atoms with Crippen LogP contribution in [0, 0.1) is 5.92 Å². The van der Waals surface area contributed by atoms with Crippen molar-refractivity contribution in [3.63, 3.8) is 0 Å². The molecule has 100 valence electrons. The van der Waals surface area contributed by atoms with E-state index in [0.29, 0.717) is 11.7 Å². The largest absolute Gasteiger partial charge is 0.383 e.